The summed E-state index contributed by atoms with van der Waals surface area (Å²) < 4.78 is 34.3. The van der Waals surface area contributed by atoms with Crippen molar-refractivity contribution >= 4 is 23.0 Å². The highest BCUT2D eigenvalue weighted by Gasteiger charge is 2.26. The van der Waals surface area contributed by atoms with Gasteiger partial charge in [-0.05, 0) is 55.5 Å². The molecule has 3 rings (SSSR count). The third kappa shape index (κ3) is 4.65. The normalized spacial score (nSPS) is 15.2. The van der Waals surface area contributed by atoms with E-state index >= 15 is 0 Å². The van der Waals surface area contributed by atoms with Crippen molar-refractivity contribution in [3.63, 3.8) is 0 Å². The Morgan fingerprint density at radius 2 is 1.93 bits per heavy atom. The van der Waals surface area contributed by atoms with Crippen LogP contribution >= 0.6 is 11.3 Å². The number of aliphatic hydroxyl groups excluding tert-OH is 1. The highest BCUT2D eigenvalue weighted by molar-refractivity contribution is 7.15. The maximum atomic E-state index is 14.7. The molecule has 1 N–H and O–H groups in total. The van der Waals surface area contributed by atoms with Crippen LogP contribution in [0, 0.1) is 17.6 Å². The molecule has 27 heavy (non-hydrogen) atoms. The number of ether oxygens (including phenoxy) is 1. The zero-order valence-electron chi connectivity index (χ0n) is 15.2. The van der Waals surface area contributed by atoms with Crippen molar-refractivity contribution in [2.75, 3.05) is 24.6 Å². The number of rotatable bonds is 6. The molecule has 1 fully saturated rings. The van der Waals surface area contributed by atoms with Crippen LogP contribution in [0.1, 0.15) is 31.1 Å². The van der Waals surface area contributed by atoms with E-state index in [4.69, 9.17) is 9.84 Å². The van der Waals surface area contributed by atoms with Gasteiger partial charge >= 0.3 is 5.97 Å². The van der Waals surface area contributed by atoms with E-state index in [1.807, 2.05) is 0 Å². The smallest absolute Gasteiger partial charge is 0.306 e. The van der Waals surface area contributed by atoms with Gasteiger partial charge in [-0.1, -0.05) is 0 Å². The second kappa shape index (κ2) is 8.80. The lowest BCUT2D eigenvalue weighted by molar-refractivity contribution is -0.144. The summed E-state index contributed by atoms with van der Waals surface area (Å²) in [5, 5.41) is 9.15. The Labute approximate surface area is 161 Å². The number of carbonyl (C=O) groups excluding carboxylic acids is 1. The van der Waals surface area contributed by atoms with Gasteiger partial charge in [-0.15, -0.1) is 11.3 Å². The average Bonchev–Trinajstić information content (AvgIpc) is 3.12. The lowest BCUT2D eigenvalue weighted by Gasteiger charge is -2.33. The molecule has 1 aromatic heterocycles. The van der Waals surface area contributed by atoms with Crippen LogP contribution in [-0.2, 0) is 16.1 Å². The Morgan fingerprint density at radius 3 is 2.48 bits per heavy atom. The molecule has 0 aliphatic carbocycles. The molecular weight excluding hydrogens is 372 g/mol. The lowest BCUT2D eigenvalue weighted by atomic mass is 9.93. The molecule has 1 aliphatic rings. The molecule has 0 spiro atoms. The summed E-state index contributed by atoms with van der Waals surface area (Å²) in [4.78, 5) is 14.8. The molecule has 0 amide bonds. The number of benzene rings is 1. The van der Waals surface area contributed by atoms with E-state index < -0.39 is 11.6 Å². The quantitative estimate of drug-likeness (QED) is 0.739. The Kier molecular flexibility index (Phi) is 6.44. The molecule has 2 aromatic rings. The zero-order valence-corrected chi connectivity index (χ0v) is 16.0. The van der Waals surface area contributed by atoms with Crippen LogP contribution in [0.3, 0.4) is 0 Å². The summed E-state index contributed by atoms with van der Waals surface area (Å²) in [7, 11) is 0. The molecule has 2 heterocycles. The van der Waals surface area contributed by atoms with Crippen LogP contribution in [-0.4, -0.2) is 30.8 Å². The topological polar surface area (TPSA) is 49.8 Å². The predicted octanol–water partition coefficient (Wildman–Crippen LogP) is 4.36. The van der Waals surface area contributed by atoms with E-state index in [1.165, 1.54) is 23.5 Å². The van der Waals surface area contributed by atoms with Gasteiger partial charge in [-0.2, -0.15) is 0 Å². The Hall–Kier alpha value is -1.99. The Bertz CT molecular complexity index is 777. The van der Waals surface area contributed by atoms with Crippen molar-refractivity contribution in [2.24, 2.45) is 5.92 Å². The molecule has 146 valence electrons. The molecule has 1 aromatic carbocycles. The lowest BCUT2D eigenvalue weighted by Crippen LogP contribution is -2.35. The van der Waals surface area contributed by atoms with E-state index in [0.29, 0.717) is 44.5 Å². The number of hydrogen-bond acceptors (Lipinski definition) is 5. The number of anilines is 1. The maximum Gasteiger partial charge on any atom is 0.306 e. The SMILES string of the molecule is CCOC(=O)CC1CCN(c2c(F)cc(-c3ccc(CO)s3)cc2F)CC1. The van der Waals surface area contributed by atoms with Crippen LogP contribution in [0.4, 0.5) is 14.5 Å². The fourth-order valence-corrected chi connectivity index (χ4v) is 4.30. The summed E-state index contributed by atoms with van der Waals surface area (Å²) in [6.07, 6.45) is 1.76. The number of thiophene rings is 1. The van der Waals surface area contributed by atoms with Crippen LogP contribution in [0.2, 0.25) is 0 Å². The van der Waals surface area contributed by atoms with Gasteiger partial charge < -0.3 is 14.7 Å². The molecule has 0 unspecified atom stereocenters. The van der Waals surface area contributed by atoms with Crippen LogP contribution in [0.25, 0.3) is 10.4 Å². The fraction of sp³-hybridized carbons (Fsp3) is 0.450. The third-order valence-corrected chi connectivity index (χ3v) is 5.93. The molecule has 0 radical (unpaired) electrons. The van der Waals surface area contributed by atoms with Gasteiger partial charge in [-0.25, -0.2) is 8.78 Å². The van der Waals surface area contributed by atoms with Gasteiger partial charge in [0.05, 0.1) is 13.2 Å². The second-order valence-corrected chi connectivity index (χ2v) is 7.82. The van der Waals surface area contributed by atoms with Gasteiger partial charge in [0.1, 0.15) is 17.3 Å². The van der Waals surface area contributed by atoms with Gasteiger partial charge in [-0.3, -0.25) is 4.79 Å². The molecule has 0 bridgehead atoms. The van der Waals surface area contributed by atoms with Crippen LogP contribution < -0.4 is 4.90 Å². The van der Waals surface area contributed by atoms with Crippen LogP contribution in [0.5, 0.6) is 0 Å². The van der Waals surface area contributed by atoms with Crippen molar-refractivity contribution in [1.82, 2.24) is 0 Å². The summed E-state index contributed by atoms with van der Waals surface area (Å²) >= 11 is 1.31. The fourth-order valence-electron chi connectivity index (χ4n) is 3.44. The van der Waals surface area contributed by atoms with Gasteiger partial charge in [0, 0.05) is 29.3 Å². The molecule has 1 aliphatic heterocycles. The summed E-state index contributed by atoms with van der Waals surface area (Å²) in [5.41, 5.74) is 0.461. The van der Waals surface area contributed by atoms with Gasteiger partial charge in [0.15, 0.2) is 0 Å². The summed E-state index contributed by atoms with van der Waals surface area (Å²) in [6, 6.07) is 6.19. The minimum Gasteiger partial charge on any atom is -0.466 e. The van der Waals surface area contributed by atoms with Crippen molar-refractivity contribution in [2.45, 2.75) is 32.8 Å². The molecule has 0 atom stereocenters. The number of carbonyl (C=O) groups is 1. The van der Waals surface area contributed by atoms with E-state index in [0.717, 1.165) is 9.75 Å². The average molecular weight is 395 g/mol. The molecular formula is C20H23F2NO3S. The molecule has 7 heteroatoms. The monoisotopic (exact) mass is 395 g/mol. The number of hydrogen-bond donors (Lipinski definition) is 1. The standard InChI is InChI=1S/C20H23F2NO3S/c1-2-26-19(25)9-13-5-7-23(8-6-13)20-16(21)10-14(11-17(20)22)18-4-3-15(12-24)27-18/h3-4,10-11,13,24H,2,5-9,12H2,1H3. The second-order valence-electron chi connectivity index (χ2n) is 6.65. The number of halogens is 2. The first-order chi connectivity index (χ1) is 13.0. The van der Waals surface area contributed by atoms with E-state index in [-0.39, 0.29) is 24.2 Å². The van der Waals surface area contributed by atoms with Gasteiger partial charge in [0.25, 0.3) is 0 Å². The minimum absolute atomic E-state index is 0.00716. The van der Waals surface area contributed by atoms with Gasteiger partial charge in [0.2, 0.25) is 0 Å². The van der Waals surface area contributed by atoms with Crippen molar-refractivity contribution in [1.29, 1.82) is 0 Å². The van der Waals surface area contributed by atoms with E-state index in [1.54, 1.807) is 24.0 Å². The van der Waals surface area contributed by atoms with E-state index in [2.05, 4.69) is 0 Å². The number of esters is 1. The highest BCUT2D eigenvalue weighted by Crippen LogP contribution is 2.35. The maximum absolute atomic E-state index is 14.7. The largest absolute Gasteiger partial charge is 0.466 e. The minimum atomic E-state index is -0.590. The van der Waals surface area contributed by atoms with Crippen molar-refractivity contribution < 1.29 is 23.4 Å². The number of nitrogens with zero attached hydrogens (tertiary/aromatic N) is 1. The molecule has 1 saturated heterocycles. The molecule has 4 nitrogen and oxygen atoms in total. The third-order valence-electron chi connectivity index (χ3n) is 4.81. The number of piperidine rings is 1. The first-order valence-electron chi connectivity index (χ1n) is 9.11. The van der Waals surface area contributed by atoms with Crippen molar-refractivity contribution in [3.8, 4) is 10.4 Å². The highest BCUT2D eigenvalue weighted by atomic mass is 32.1. The first kappa shape index (κ1) is 19.8. The predicted molar refractivity (Wildman–Crippen MR) is 102 cm³/mol. The van der Waals surface area contributed by atoms with Crippen LogP contribution in [0.15, 0.2) is 24.3 Å². The zero-order chi connectivity index (χ0) is 19.4. The molecule has 0 saturated carbocycles. The van der Waals surface area contributed by atoms with E-state index in [9.17, 15) is 13.6 Å². The first-order valence-corrected chi connectivity index (χ1v) is 9.93. The van der Waals surface area contributed by atoms with Crippen molar-refractivity contribution in [3.05, 3.63) is 40.8 Å². The Morgan fingerprint density at radius 1 is 1.26 bits per heavy atom. The summed E-state index contributed by atoms with van der Waals surface area (Å²) in [6.45, 7) is 3.06. The summed E-state index contributed by atoms with van der Waals surface area (Å²) in [5.74, 6) is -1.20. The number of aliphatic hydroxyl groups is 1. The Balaban J connectivity index is 1.70.